The van der Waals surface area contributed by atoms with E-state index in [1.807, 2.05) is 12.1 Å². The molecule has 1 aliphatic carbocycles. The molecule has 42 heavy (non-hydrogen) atoms. The molecule has 0 spiro atoms. The number of urea groups is 1. The zero-order valence-electron chi connectivity index (χ0n) is 24.0. The molecular formula is C30H38F3N3O6. The maximum absolute atomic E-state index is 12.8. The van der Waals surface area contributed by atoms with Gasteiger partial charge >= 0.3 is 24.1 Å². The van der Waals surface area contributed by atoms with Gasteiger partial charge in [0.1, 0.15) is 0 Å². The molecule has 9 nitrogen and oxygen atoms in total. The summed E-state index contributed by atoms with van der Waals surface area (Å²) in [5, 5.41) is 2.95. The van der Waals surface area contributed by atoms with Gasteiger partial charge in [-0.3, -0.25) is 4.98 Å². The third kappa shape index (κ3) is 10.4. The van der Waals surface area contributed by atoms with Crippen LogP contribution < -0.4 is 5.32 Å². The van der Waals surface area contributed by atoms with Crippen molar-refractivity contribution >= 4 is 18.0 Å². The molecule has 1 fully saturated rings. The maximum atomic E-state index is 12.8. The molecule has 0 bridgehead atoms. The summed E-state index contributed by atoms with van der Waals surface area (Å²) in [6, 6.07) is 8.33. The minimum absolute atomic E-state index is 0.0411. The summed E-state index contributed by atoms with van der Waals surface area (Å²) in [4.78, 5) is 42.2. The lowest BCUT2D eigenvalue weighted by Gasteiger charge is -2.30. The van der Waals surface area contributed by atoms with Gasteiger partial charge in [0.15, 0.2) is 0 Å². The van der Waals surface area contributed by atoms with Crippen LogP contribution in [-0.4, -0.2) is 65.9 Å². The fraction of sp³-hybridized carbons (Fsp3) is 0.533. The number of amides is 2. The molecule has 12 heteroatoms. The number of nitrogens with zero attached hydrogens (tertiary/aromatic N) is 2. The number of halogens is 3. The molecule has 1 aromatic heterocycles. The van der Waals surface area contributed by atoms with Crippen molar-refractivity contribution in [2.75, 3.05) is 19.7 Å². The largest absolute Gasteiger partial charge is 0.491 e. The minimum atomic E-state index is -5.28. The molecule has 2 atom stereocenters. The number of benzene rings is 1. The first-order valence-corrected chi connectivity index (χ1v) is 14.1. The van der Waals surface area contributed by atoms with E-state index in [0.29, 0.717) is 43.8 Å². The van der Waals surface area contributed by atoms with Gasteiger partial charge in [-0.05, 0) is 61.8 Å². The third-order valence-corrected chi connectivity index (χ3v) is 6.94. The van der Waals surface area contributed by atoms with Crippen LogP contribution >= 0.6 is 0 Å². The van der Waals surface area contributed by atoms with Gasteiger partial charge in [0.2, 0.25) is 0 Å². The van der Waals surface area contributed by atoms with Gasteiger partial charge in [-0.15, -0.1) is 0 Å². The summed E-state index contributed by atoms with van der Waals surface area (Å²) in [5.74, 6) is -3.93. The molecule has 0 saturated heterocycles. The van der Waals surface area contributed by atoms with Crippen molar-refractivity contribution in [3.63, 3.8) is 0 Å². The summed E-state index contributed by atoms with van der Waals surface area (Å²) >= 11 is 0. The zero-order valence-corrected chi connectivity index (χ0v) is 24.0. The molecule has 1 aliphatic rings. The second-order valence-corrected chi connectivity index (χ2v) is 10.2. The van der Waals surface area contributed by atoms with E-state index in [9.17, 15) is 27.6 Å². The topological polar surface area (TPSA) is 107 Å². The quantitative estimate of drug-likeness (QED) is 0.186. The normalized spacial score (nSPS) is 17.0. The highest BCUT2D eigenvalue weighted by atomic mass is 19.4. The number of alkyl halides is 3. The number of nitrogens with one attached hydrogen (secondary N) is 1. The number of hydrogen-bond acceptors (Lipinski definition) is 7. The predicted molar refractivity (Wildman–Crippen MR) is 147 cm³/mol. The molecule has 2 amide bonds. The number of carbonyl (C=O) groups excluding carboxylic acids is 3. The van der Waals surface area contributed by atoms with E-state index in [1.165, 1.54) is 0 Å². The Kier molecular flexibility index (Phi) is 12.7. The highest BCUT2D eigenvalue weighted by Gasteiger charge is 2.43. The van der Waals surface area contributed by atoms with Gasteiger partial charge in [0, 0.05) is 32.0 Å². The number of hydrogen-bond donors (Lipinski definition) is 1. The Hall–Kier alpha value is -3.51. The van der Waals surface area contributed by atoms with Crippen LogP contribution in [0.2, 0.25) is 0 Å². The molecule has 230 valence electrons. The molecule has 3 rings (SSSR count). The average Bonchev–Trinajstić information content (AvgIpc) is 2.96. The van der Waals surface area contributed by atoms with Crippen LogP contribution in [-0.2, 0) is 32.2 Å². The standard InChI is InChI=1S/C30H38F3N3O6/c1-3-4-14-35-29(39)36(19-22-9-7-13-34-18-22)15-16-40-24-11-6-12-25(17-24)41-20-23-10-5-8-21(2)26(23)27(37)42-28(38)30(31,32)33/h5,7-10,13,18,24-25H,3-4,6,11-12,14-17,19-20H2,1-2H3,(H,35,39). The average molecular weight is 594 g/mol. The molecule has 1 aromatic carbocycles. The summed E-state index contributed by atoms with van der Waals surface area (Å²) < 4.78 is 54.0. The van der Waals surface area contributed by atoms with Crippen molar-refractivity contribution in [3.05, 3.63) is 65.0 Å². The second-order valence-electron chi connectivity index (χ2n) is 10.2. The summed E-state index contributed by atoms with van der Waals surface area (Å²) in [7, 11) is 0. The number of aromatic nitrogens is 1. The highest BCUT2D eigenvalue weighted by Crippen LogP contribution is 2.26. The molecule has 2 unspecified atom stereocenters. The van der Waals surface area contributed by atoms with Gasteiger partial charge in [-0.1, -0.05) is 37.6 Å². The fourth-order valence-corrected chi connectivity index (χ4v) is 4.72. The molecule has 0 aliphatic heterocycles. The van der Waals surface area contributed by atoms with Crippen molar-refractivity contribution in [2.45, 2.75) is 83.9 Å². The Morgan fingerprint density at radius 2 is 1.86 bits per heavy atom. The van der Waals surface area contributed by atoms with Gasteiger partial charge in [0.25, 0.3) is 0 Å². The Bertz CT molecular complexity index is 1180. The Morgan fingerprint density at radius 1 is 1.10 bits per heavy atom. The van der Waals surface area contributed by atoms with E-state index >= 15 is 0 Å². The first-order valence-electron chi connectivity index (χ1n) is 14.1. The second kappa shape index (κ2) is 16.2. The zero-order chi connectivity index (χ0) is 30.5. The van der Waals surface area contributed by atoms with Gasteiger partial charge < -0.3 is 24.4 Å². The van der Waals surface area contributed by atoms with Crippen LogP contribution in [0, 0.1) is 6.92 Å². The number of carbonyl (C=O) groups is 3. The van der Waals surface area contributed by atoms with Crippen LogP contribution in [0.1, 0.15) is 72.5 Å². The Balaban J connectivity index is 1.53. The maximum Gasteiger partial charge on any atom is 0.491 e. The molecular weight excluding hydrogens is 555 g/mol. The van der Waals surface area contributed by atoms with E-state index in [1.54, 1.807) is 42.4 Å². The van der Waals surface area contributed by atoms with Crippen LogP contribution in [0.3, 0.4) is 0 Å². The highest BCUT2D eigenvalue weighted by molar-refractivity contribution is 6.00. The van der Waals surface area contributed by atoms with Crippen LogP contribution in [0.15, 0.2) is 42.7 Å². The molecule has 2 aromatic rings. The molecule has 1 N–H and O–H groups in total. The van der Waals surface area contributed by atoms with Crippen molar-refractivity contribution in [2.24, 2.45) is 0 Å². The van der Waals surface area contributed by atoms with Crippen LogP contribution in [0.5, 0.6) is 0 Å². The lowest BCUT2D eigenvalue weighted by atomic mass is 9.94. The first kappa shape index (κ1) is 33.0. The minimum Gasteiger partial charge on any atom is -0.383 e. The van der Waals surface area contributed by atoms with Crippen LogP contribution in [0.4, 0.5) is 18.0 Å². The molecule has 0 radical (unpaired) electrons. The Labute approximate surface area is 243 Å². The first-order chi connectivity index (χ1) is 20.1. The SMILES string of the molecule is CCCCNC(=O)N(CCOC1CCCC(OCc2cccc(C)c2C(=O)OC(=O)C(F)(F)F)C1)Cc1cccnc1. The molecule has 1 heterocycles. The van der Waals surface area contributed by atoms with Crippen molar-refractivity contribution < 1.29 is 41.8 Å². The summed E-state index contributed by atoms with van der Waals surface area (Å²) in [5.41, 5.74) is 1.50. The monoisotopic (exact) mass is 593 g/mol. The third-order valence-electron chi connectivity index (χ3n) is 6.94. The molecule has 1 saturated carbocycles. The number of esters is 2. The fourth-order valence-electron chi connectivity index (χ4n) is 4.72. The number of rotatable bonds is 13. The lowest BCUT2D eigenvalue weighted by molar-refractivity contribution is -0.193. The summed E-state index contributed by atoms with van der Waals surface area (Å²) in [6.07, 6.45) is 2.71. The van der Waals surface area contributed by atoms with E-state index in [0.717, 1.165) is 37.7 Å². The number of ether oxygens (including phenoxy) is 3. The van der Waals surface area contributed by atoms with E-state index in [4.69, 9.17) is 9.47 Å². The van der Waals surface area contributed by atoms with E-state index < -0.39 is 18.1 Å². The summed E-state index contributed by atoms with van der Waals surface area (Å²) in [6.45, 7) is 5.29. The van der Waals surface area contributed by atoms with E-state index in [-0.39, 0.29) is 30.4 Å². The Morgan fingerprint density at radius 3 is 2.55 bits per heavy atom. The number of unbranched alkanes of at least 4 members (excludes halogenated alkanes) is 1. The van der Waals surface area contributed by atoms with Gasteiger partial charge in [-0.25, -0.2) is 14.4 Å². The van der Waals surface area contributed by atoms with Crippen LogP contribution in [0.25, 0.3) is 0 Å². The number of aryl methyl sites for hydroxylation is 1. The van der Waals surface area contributed by atoms with Gasteiger partial charge in [0.05, 0.1) is 31.0 Å². The van der Waals surface area contributed by atoms with Gasteiger partial charge in [-0.2, -0.15) is 13.2 Å². The predicted octanol–water partition coefficient (Wildman–Crippen LogP) is 5.49. The smallest absolute Gasteiger partial charge is 0.383 e. The van der Waals surface area contributed by atoms with E-state index in [2.05, 4.69) is 22.0 Å². The van der Waals surface area contributed by atoms with Crippen molar-refractivity contribution in [1.29, 1.82) is 0 Å². The van der Waals surface area contributed by atoms with Crippen molar-refractivity contribution in [1.82, 2.24) is 15.2 Å². The lowest BCUT2D eigenvalue weighted by Crippen LogP contribution is -2.42. The van der Waals surface area contributed by atoms with Crippen molar-refractivity contribution in [3.8, 4) is 0 Å². The number of pyridine rings is 1.